The third-order valence-corrected chi connectivity index (χ3v) is 6.43. The lowest BCUT2D eigenvalue weighted by molar-refractivity contribution is 0.134. The van der Waals surface area contributed by atoms with Gasteiger partial charge in [-0.3, -0.25) is 0 Å². The highest BCUT2D eigenvalue weighted by Crippen LogP contribution is 2.52. The molecule has 3 atom stereocenters. The van der Waals surface area contributed by atoms with Gasteiger partial charge >= 0.3 is 0 Å². The van der Waals surface area contributed by atoms with Gasteiger partial charge in [-0.05, 0) is 55.2 Å². The molecule has 1 aliphatic heterocycles. The van der Waals surface area contributed by atoms with Crippen LogP contribution in [-0.4, -0.2) is 13.1 Å². The lowest BCUT2D eigenvalue weighted by Crippen LogP contribution is -2.43. The molecule has 2 heteroatoms. The SMILES string of the molecule is CCC1CCCC2(CCNCC2c2ccccc2Cl)CC1. The summed E-state index contributed by atoms with van der Waals surface area (Å²) >= 11 is 6.53. The molecule has 1 aromatic carbocycles. The Labute approximate surface area is 134 Å². The van der Waals surface area contributed by atoms with Gasteiger partial charge < -0.3 is 5.32 Å². The third-order valence-electron chi connectivity index (χ3n) is 6.08. The number of hydrogen-bond donors (Lipinski definition) is 1. The number of piperidine rings is 1. The van der Waals surface area contributed by atoms with Gasteiger partial charge in [0, 0.05) is 17.5 Å². The maximum atomic E-state index is 6.53. The second kappa shape index (κ2) is 6.71. The molecular formula is C19H28ClN. The average Bonchev–Trinajstić information content (AvgIpc) is 2.72. The van der Waals surface area contributed by atoms with Gasteiger partial charge in [0.2, 0.25) is 0 Å². The molecule has 3 unspecified atom stereocenters. The molecule has 1 nitrogen and oxygen atoms in total. The first-order valence-corrected chi connectivity index (χ1v) is 9.08. The molecular weight excluding hydrogens is 278 g/mol. The summed E-state index contributed by atoms with van der Waals surface area (Å²) in [6, 6.07) is 8.51. The first kappa shape index (κ1) is 15.4. The molecule has 1 heterocycles. The van der Waals surface area contributed by atoms with Gasteiger partial charge in [-0.2, -0.15) is 0 Å². The molecule has 1 aromatic rings. The molecule has 116 valence electrons. The highest BCUT2D eigenvalue weighted by atomic mass is 35.5. The van der Waals surface area contributed by atoms with Crippen LogP contribution in [0.2, 0.25) is 5.02 Å². The Bertz CT molecular complexity index is 472. The molecule has 1 N–H and O–H groups in total. The zero-order valence-corrected chi connectivity index (χ0v) is 14.0. The lowest BCUT2D eigenvalue weighted by atomic mass is 9.63. The highest BCUT2D eigenvalue weighted by Gasteiger charge is 2.42. The van der Waals surface area contributed by atoms with E-state index in [-0.39, 0.29) is 0 Å². The Hall–Kier alpha value is -0.530. The van der Waals surface area contributed by atoms with Gasteiger partial charge in [-0.1, -0.05) is 56.0 Å². The number of rotatable bonds is 2. The van der Waals surface area contributed by atoms with Crippen molar-refractivity contribution >= 4 is 11.6 Å². The Balaban J connectivity index is 1.89. The van der Waals surface area contributed by atoms with Crippen LogP contribution in [0.5, 0.6) is 0 Å². The maximum absolute atomic E-state index is 6.53. The summed E-state index contributed by atoms with van der Waals surface area (Å²) < 4.78 is 0. The Morgan fingerprint density at radius 2 is 2.05 bits per heavy atom. The molecule has 1 spiro atoms. The molecule has 3 rings (SSSR count). The smallest absolute Gasteiger partial charge is 0.0441 e. The van der Waals surface area contributed by atoms with Gasteiger partial charge in [0.1, 0.15) is 0 Å². The summed E-state index contributed by atoms with van der Waals surface area (Å²) in [5.41, 5.74) is 1.86. The van der Waals surface area contributed by atoms with Crippen molar-refractivity contribution in [3.8, 4) is 0 Å². The van der Waals surface area contributed by atoms with Gasteiger partial charge in [0.05, 0.1) is 0 Å². The Morgan fingerprint density at radius 3 is 2.86 bits per heavy atom. The van der Waals surface area contributed by atoms with E-state index in [1.807, 2.05) is 0 Å². The molecule has 0 bridgehead atoms. The van der Waals surface area contributed by atoms with Crippen LogP contribution in [-0.2, 0) is 0 Å². The van der Waals surface area contributed by atoms with E-state index in [1.165, 1.54) is 57.1 Å². The van der Waals surface area contributed by atoms with Crippen LogP contribution in [0, 0.1) is 11.3 Å². The number of nitrogens with one attached hydrogen (secondary N) is 1. The van der Waals surface area contributed by atoms with E-state index in [2.05, 4.69) is 36.5 Å². The summed E-state index contributed by atoms with van der Waals surface area (Å²) in [7, 11) is 0. The van der Waals surface area contributed by atoms with Crippen LogP contribution in [0.3, 0.4) is 0 Å². The minimum Gasteiger partial charge on any atom is -0.316 e. The van der Waals surface area contributed by atoms with Crippen molar-refractivity contribution in [1.29, 1.82) is 0 Å². The second-order valence-corrected chi connectivity index (χ2v) is 7.50. The van der Waals surface area contributed by atoms with Crippen LogP contribution in [0.1, 0.15) is 63.4 Å². The molecule has 1 aliphatic carbocycles. The van der Waals surface area contributed by atoms with Crippen LogP contribution >= 0.6 is 11.6 Å². The summed E-state index contributed by atoms with van der Waals surface area (Å²) in [6.07, 6.45) is 9.70. The Morgan fingerprint density at radius 1 is 1.19 bits per heavy atom. The van der Waals surface area contributed by atoms with Crippen molar-refractivity contribution in [2.45, 2.75) is 57.8 Å². The molecule has 0 amide bonds. The summed E-state index contributed by atoms with van der Waals surface area (Å²) in [6.45, 7) is 4.63. The summed E-state index contributed by atoms with van der Waals surface area (Å²) in [5.74, 6) is 1.54. The summed E-state index contributed by atoms with van der Waals surface area (Å²) in [5, 5.41) is 4.58. The standard InChI is InChI=1S/C19H28ClN/c1-2-15-6-5-10-19(11-9-15)12-13-21-14-17(19)16-7-3-4-8-18(16)20/h3-4,7-8,15,17,21H,2,5-6,9-14H2,1H3. The molecule has 21 heavy (non-hydrogen) atoms. The fourth-order valence-corrected chi connectivity index (χ4v) is 4.95. The van der Waals surface area contributed by atoms with Crippen LogP contribution < -0.4 is 5.32 Å². The first-order chi connectivity index (χ1) is 10.2. The first-order valence-electron chi connectivity index (χ1n) is 8.70. The average molecular weight is 306 g/mol. The van der Waals surface area contributed by atoms with Gasteiger partial charge in [-0.25, -0.2) is 0 Å². The van der Waals surface area contributed by atoms with E-state index in [0.717, 1.165) is 17.5 Å². The van der Waals surface area contributed by atoms with Crippen molar-refractivity contribution in [3.05, 3.63) is 34.9 Å². The molecule has 2 fully saturated rings. The largest absolute Gasteiger partial charge is 0.316 e. The van der Waals surface area contributed by atoms with Crippen LogP contribution in [0.25, 0.3) is 0 Å². The van der Waals surface area contributed by atoms with E-state index < -0.39 is 0 Å². The normalized spacial score (nSPS) is 33.8. The predicted octanol–water partition coefficient (Wildman–Crippen LogP) is 5.39. The van der Waals surface area contributed by atoms with E-state index in [1.54, 1.807) is 0 Å². The van der Waals surface area contributed by atoms with E-state index in [9.17, 15) is 0 Å². The quantitative estimate of drug-likeness (QED) is 0.772. The van der Waals surface area contributed by atoms with Crippen molar-refractivity contribution in [2.24, 2.45) is 11.3 Å². The van der Waals surface area contributed by atoms with Crippen molar-refractivity contribution in [1.82, 2.24) is 5.32 Å². The van der Waals surface area contributed by atoms with Gasteiger partial charge in [0.25, 0.3) is 0 Å². The lowest BCUT2D eigenvalue weighted by Gasteiger charge is -2.45. The van der Waals surface area contributed by atoms with Crippen LogP contribution in [0.4, 0.5) is 0 Å². The van der Waals surface area contributed by atoms with Crippen molar-refractivity contribution < 1.29 is 0 Å². The molecule has 2 aliphatic rings. The zero-order valence-electron chi connectivity index (χ0n) is 13.2. The van der Waals surface area contributed by atoms with E-state index in [4.69, 9.17) is 11.6 Å². The Kier molecular flexibility index (Phi) is 4.91. The maximum Gasteiger partial charge on any atom is 0.0441 e. The molecule has 0 aromatic heterocycles. The second-order valence-electron chi connectivity index (χ2n) is 7.10. The zero-order chi connectivity index (χ0) is 14.7. The van der Waals surface area contributed by atoms with Gasteiger partial charge in [0.15, 0.2) is 0 Å². The molecule has 0 radical (unpaired) electrons. The number of hydrogen-bond acceptors (Lipinski definition) is 1. The molecule has 1 saturated carbocycles. The summed E-state index contributed by atoms with van der Waals surface area (Å²) in [4.78, 5) is 0. The fourth-order valence-electron chi connectivity index (χ4n) is 4.68. The van der Waals surface area contributed by atoms with Crippen LogP contribution in [0.15, 0.2) is 24.3 Å². The van der Waals surface area contributed by atoms with E-state index >= 15 is 0 Å². The van der Waals surface area contributed by atoms with Gasteiger partial charge in [-0.15, -0.1) is 0 Å². The van der Waals surface area contributed by atoms with Crippen molar-refractivity contribution in [3.63, 3.8) is 0 Å². The van der Waals surface area contributed by atoms with E-state index in [0.29, 0.717) is 11.3 Å². The number of benzene rings is 1. The topological polar surface area (TPSA) is 12.0 Å². The highest BCUT2D eigenvalue weighted by molar-refractivity contribution is 6.31. The third kappa shape index (κ3) is 3.14. The minimum absolute atomic E-state index is 0.486. The fraction of sp³-hybridized carbons (Fsp3) is 0.684. The van der Waals surface area contributed by atoms with Crippen molar-refractivity contribution in [2.75, 3.05) is 13.1 Å². The predicted molar refractivity (Wildman–Crippen MR) is 91.0 cm³/mol. The monoisotopic (exact) mass is 305 g/mol. The minimum atomic E-state index is 0.486. The number of halogens is 1. The molecule has 1 saturated heterocycles.